The number of nitrogens with zero attached hydrogens (tertiary/aromatic N) is 6. The Hall–Kier alpha value is -5.71. The van der Waals surface area contributed by atoms with Crippen LogP contribution in [-0.4, -0.2) is 84.8 Å². The smallest absolute Gasteiger partial charge is 0.387 e. The predicted octanol–water partition coefficient (Wildman–Crippen LogP) is 7.87. The number of oxazole rings is 1. The van der Waals surface area contributed by atoms with Crippen LogP contribution in [0.15, 0.2) is 65.2 Å². The van der Waals surface area contributed by atoms with E-state index in [1.54, 1.807) is 18.3 Å². The number of fused-ring (bicyclic) bond motifs is 2. The molecule has 2 aliphatic heterocycles. The largest absolute Gasteiger partial charge is 0.481 e. The van der Waals surface area contributed by atoms with E-state index in [1.807, 2.05) is 55.1 Å². The number of aliphatic hydroxyl groups is 1. The summed E-state index contributed by atoms with van der Waals surface area (Å²) in [6, 6.07) is 16.0. The van der Waals surface area contributed by atoms with E-state index in [0.29, 0.717) is 66.9 Å². The first-order chi connectivity index (χ1) is 27.4. The lowest BCUT2D eigenvalue weighted by Gasteiger charge is -2.17. The van der Waals surface area contributed by atoms with Gasteiger partial charge in [-0.05, 0) is 85.3 Å². The minimum absolute atomic E-state index is 0.0695. The number of alkyl halides is 4. The molecule has 57 heavy (non-hydrogen) atoms. The Kier molecular flexibility index (Phi) is 10.5. The fraction of sp³-hybridized carbons (Fsp3) is 0.341. The van der Waals surface area contributed by atoms with Crippen molar-refractivity contribution in [2.45, 2.75) is 58.9 Å². The van der Waals surface area contributed by atoms with E-state index >= 15 is 0 Å². The number of halogens is 4. The standard InChI is InChI=1S/C41H39F4N7O5/c1-21-27(5-3-7-29(21)39-49-31-14-25(19-52-11-9-24(18-52)40(54)55)33(57-41(44)45)15-34(31)56-39)28-6-4-8-30(22(28)2)47-37-35-32(48-38(50-37)36(42)43)13-23(16-46-35)17-51-12-10-26(53)20-51/h3-8,13-16,24,26,36,41,53H,9-12,17-20H2,1-2H3,(H,54,55)(H,47,48,50)/t24-,26-/m1/s1. The van der Waals surface area contributed by atoms with Gasteiger partial charge in [0.2, 0.25) is 5.89 Å². The van der Waals surface area contributed by atoms with E-state index in [9.17, 15) is 32.6 Å². The van der Waals surface area contributed by atoms with Gasteiger partial charge in [-0.15, -0.1) is 0 Å². The molecular weight excluding hydrogens is 746 g/mol. The van der Waals surface area contributed by atoms with Gasteiger partial charge in [-0.1, -0.05) is 24.3 Å². The number of carbonyl (C=O) groups is 1. The summed E-state index contributed by atoms with van der Waals surface area (Å²) < 4.78 is 66.1. The average Bonchev–Trinajstić information content (AvgIpc) is 3.92. The maximum Gasteiger partial charge on any atom is 0.387 e. The van der Waals surface area contributed by atoms with Crippen LogP contribution in [0.5, 0.6) is 5.75 Å². The molecular formula is C41H39F4N7O5. The first-order valence-corrected chi connectivity index (χ1v) is 18.6. The van der Waals surface area contributed by atoms with Crippen molar-refractivity contribution in [3.63, 3.8) is 0 Å². The van der Waals surface area contributed by atoms with Crippen LogP contribution in [-0.2, 0) is 17.9 Å². The van der Waals surface area contributed by atoms with Crippen molar-refractivity contribution in [1.82, 2.24) is 29.7 Å². The van der Waals surface area contributed by atoms with Gasteiger partial charge in [0.05, 0.1) is 17.5 Å². The van der Waals surface area contributed by atoms with Crippen LogP contribution in [0, 0.1) is 19.8 Å². The lowest BCUT2D eigenvalue weighted by atomic mass is 9.93. The van der Waals surface area contributed by atoms with Gasteiger partial charge >= 0.3 is 12.6 Å². The van der Waals surface area contributed by atoms with Gasteiger partial charge in [-0.25, -0.2) is 23.7 Å². The number of aliphatic hydroxyl groups excluding tert-OH is 1. The molecule has 0 unspecified atom stereocenters. The predicted molar refractivity (Wildman–Crippen MR) is 203 cm³/mol. The fourth-order valence-corrected chi connectivity index (χ4v) is 7.77. The number of nitrogens with one attached hydrogen (secondary N) is 1. The Bertz CT molecular complexity index is 2480. The molecule has 2 saturated heterocycles. The Balaban J connectivity index is 1.10. The van der Waals surface area contributed by atoms with Crippen LogP contribution < -0.4 is 10.1 Å². The quantitative estimate of drug-likeness (QED) is 0.104. The summed E-state index contributed by atoms with van der Waals surface area (Å²) in [4.78, 5) is 33.1. The molecule has 16 heteroatoms. The molecule has 0 bridgehead atoms. The van der Waals surface area contributed by atoms with Gasteiger partial charge in [0.25, 0.3) is 6.43 Å². The van der Waals surface area contributed by atoms with E-state index < -0.39 is 36.9 Å². The van der Waals surface area contributed by atoms with E-state index in [4.69, 9.17) is 14.1 Å². The van der Waals surface area contributed by atoms with Crippen LogP contribution in [0.3, 0.4) is 0 Å². The zero-order chi connectivity index (χ0) is 40.0. The summed E-state index contributed by atoms with van der Waals surface area (Å²) in [5, 5.41) is 22.6. The molecule has 2 atom stereocenters. The zero-order valence-corrected chi connectivity index (χ0v) is 31.1. The molecule has 0 spiro atoms. The first-order valence-electron chi connectivity index (χ1n) is 18.6. The molecule has 3 aromatic heterocycles. The van der Waals surface area contributed by atoms with Crippen molar-refractivity contribution in [3.8, 4) is 28.3 Å². The number of aromatic nitrogens is 4. The second kappa shape index (κ2) is 15.7. The molecule has 3 N–H and O–H groups in total. The lowest BCUT2D eigenvalue weighted by Crippen LogP contribution is -2.23. The van der Waals surface area contributed by atoms with Gasteiger partial charge in [0.1, 0.15) is 16.8 Å². The molecule has 2 aliphatic rings. The summed E-state index contributed by atoms with van der Waals surface area (Å²) in [5.74, 6) is -1.71. The highest BCUT2D eigenvalue weighted by Crippen LogP contribution is 2.39. The van der Waals surface area contributed by atoms with Crippen LogP contribution in [0.1, 0.15) is 47.3 Å². The number of carboxylic acids is 1. The van der Waals surface area contributed by atoms with Crippen LogP contribution in [0.4, 0.5) is 29.1 Å². The first kappa shape index (κ1) is 38.2. The molecule has 0 saturated carbocycles. The van der Waals surface area contributed by atoms with Gasteiger partial charge in [-0.2, -0.15) is 8.78 Å². The number of anilines is 2. The maximum absolute atomic E-state index is 14.1. The summed E-state index contributed by atoms with van der Waals surface area (Å²) in [7, 11) is 0. The van der Waals surface area contributed by atoms with E-state index in [1.165, 1.54) is 6.07 Å². The average molecular weight is 786 g/mol. The maximum atomic E-state index is 14.1. The van der Waals surface area contributed by atoms with Crippen molar-refractivity contribution >= 4 is 39.6 Å². The molecule has 3 aromatic carbocycles. The molecule has 12 nitrogen and oxygen atoms in total. The molecule has 0 amide bonds. The van der Waals surface area contributed by atoms with Gasteiger partial charge < -0.3 is 24.7 Å². The third-order valence-corrected chi connectivity index (χ3v) is 10.7. The number of hydrogen-bond acceptors (Lipinski definition) is 11. The number of β-amino-alcohol motifs (C(OH)–C–C–N with tert-alkyl or cyclic N) is 1. The van der Waals surface area contributed by atoms with Crippen molar-refractivity contribution in [2.75, 3.05) is 31.5 Å². The van der Waals surface area contributed by atoms with E-state index in [2.05, 4.69) is 25.2 Å². The van der Waals surface area contributed by atoms with Crippen molar-refractivity contribution < 1.29 is 41.7 Å². The van der Waals surface area contributed by atoms with E-state index in [-0.39, 0.29) is 35.1 Å². The molecule has 5 heterocycles. The van der Waals surface area contributed by atoms with Crippen molar-refractivity contribution in [1.29, 1.82) is 0 Å². The fourth-order valence-electron chi connectivity index (χ4n) is 7.77. The minimum Gasteiger partial charge on any atom is -0.481 e. The Labute approximate surface area is 324 Å². The highest BCUT2D eigenvalue weighted by Gasteiger charge is 2.29. The number of likely N-dealkylation sites (tertiary alicyclic amines) is 2. The minimum atomic E-state index is -3.08. The topological polar surface area (TPSA) is 150 Å². The molecule has 6 aromatic rings. The molecule has 0 aliphatic carbocycles. The highest BCUT2D eigenvalue weighted by molar-refractivity contribution is 5.89. The van der Waals surface area contributed by atoms with E-state index in [0.717, 1.165) is 34.4 Å². The van der Waals surface area contributed by atoms with Crippen molar-refractivity contribution in [3.05, 3.63) is 88.9 Å². The van der Waals surface area contributed by atoms with Crippen LogP contribution in [0.25, 0.3) is 44.7 Å². The monoisotopic (exact) mass is 785 g/mol. The number of pyridine rings is 1. The van der Waals surface area contributed by atoms with Gasteiger partial charge in [0, 0.05) is 61.8 Å². The summed E-state index contributed by atoms with van der Waals surface area (Å²) in [5.41, 5.74) is 7.09. The third kappa shape index (κ3) is 7.97. The highest BCUT2D eigenvalue weighted by atomic mass is 19.3. The van der Waals surface area contributed by atoms with Gasteiger partial charge in [0.15, 0.2) is 17.2 Å². The third-order valence-electron chi connectivity index (χ3n) is 10.7. The van der Waals surface area contributed by atoms with Crippen molar-refractivity contribution in [2.24, 2.45) is 5.92 Å². The number of ether oxygens (including phenoxy) is 1. The number of benzene rings is 3. The second-order valence-corrected chi connectivity index (χ2v) is 14.6. The summed E-state index contributed by atoms with van der Waals surface area (Å²) in [6.45, 7) is 3.51. The lowest BCUT2D eigenvalue weighted by molar-refractivity contribution is -0.141. The summed E-state index contributed by atoms with van der Waals surface area (Å²) >= 11 is 0. The number of hydrogen-bond donors (Lipinski definition) is 3. The molecule has 2 fully saturated rings. The normalized spacial score (nSPS) is 17.8. The summed E-state index contributed by atoms with van der Waals surface area (Å²) in [6.07, 6.45) is -0.493. The second-order valence-electron chi connectivity index (χ2n) is 14.6. The Morgan fingerprint density at radius 1 is 0.912 bits per heavy atom. The van der Waals surface area contributed by atoms with Crippen LogP contribution >= 0.6 is 0 Å². The molecule has 8 rings (SSSR count). The Morgan fingerprint density at radius 2 is 1.65 bits per heavy atom. The Morgan fingerprint density at radius 3 is 2.37 bits per heavy atom. The molecule has 296 valence electrons. The van der Waals surface area contributed by atoms with Gasteiger partial charge in [-0.3, -0.25) is 19.6 Å². The number of aliphatic carboxylic acids is 1. The number of rotatable bonds is 12. The molecule has 0 radical (unpaired) electrons. The zero-order valence-electron chi connectivity index (χ0n) is 31.1. The SMILES string of the molecule is Cc1c(Nc2nc(C(F)F)nc3cc(CN4CC[C@@H](O)C4)cnc23)cccc1-c1cccc(-c2nc3cc(CN4CC[C@@H](C(=O)O)C4)c(OC(F)F)cc3o2)c1C. The van der Waals surface area contributed by atoms with Crippen LogP contribution in [0.2, 0.25) is 0 Å². The number of carboxylic acid groups (broad SMARTS) is 1.